The van der Waals surface area contributed by atoms with Crippen molar-refractivity contribution in [2.45, 2.75) is 6.54 Å². The number of nitrogens with one attached hydrogen (secondary N) is 1. The average molecular weight is 348 g/mol. The molecule has 0 aromatic carbocycles. The summed E-state index contributed by atoms with van der Waals surface area (Å²) in [7, 11) is 0. The highest BCUT2D eigenvalue weighted by Gasteiger charge is 2.13. The van der Waals surface area contributed by atoms with Crippen molar-refractivity contribution in [1.82, 2.24) is 4.98 Å². The van der Waals surface area contributed by atoms with Gasteiger partial charge in [0.15, 0.2) is 0 Å². The molecular formula is C11H8BrClN2O2S. The van der Waals surface area contributed by atoms with Gasteiger partial charge in [0.2, 0.25) is 0 Å². The SMILES string of the molecule is O=C(O)c1ccnc(NCc2ccc(Br)s2)c1Cl. The lowest BCUT2D eigenvalue weighted by Gasteiger charge is -2.07. The van der Waals surface area contributed by atoms with Crippen molar-refractivity contribution in [3.8, 4) is 0 Å². The topological polar surface area (TPSA) is 62.2 Å². The number of halogens is 2. The fourth-order valence-corrected chi connectivity index (χ4v) is 3.03. The number of carbonyl (C=O) groups is 1. The van der Waals surface area contributed by atoms with Crippen molar-refractivity contribution in [3.05, 3.63) is 43.6 Å². The van der Waals surface area contributed by atoms with Crippen molar-refractivity contribution in [2.75, 3.05) is 5.32 Å². The number of rotatable bonds is 4. The summed E-state index contributed by atoms with van der Waals surface area (Å²) in [5.74, 6) is -0.689. The van der Waals surface area contributed by atoms with Crippen LogP contribution in [-0.4, -0.2) is 16.1 Å². The van der Waals surface area contributed by atoms with Crippen LogP contribution in [0.15, 0.2) is 28.2 Å². The lowest BCUT2D eigenvalue weighted by molar-refractivity contribution is 0.0697. The molecule has 2 rings (SSSR count). The summed E-state index contributed by atoms with van der Waals surface area (Å²) >= 11 is 10.9. The van der Waals surface area contributed by atoms with Gasteiger partial charge in [0.25, 0.3) is 0 Å². The molecule has 0 aliphatic heterocycles. The highest BCUT2D eigenvalue weighted by Crippen LogP contribution is 2.26. The molecule has 7 heteroatoms. The molecular weight excluding hydrogens is 340 g/mol. The van der Waals surface area contributed by atoms with Crippen molar-refractivity contribution in [1.29, 1.82) is 0 Å². The molecule has 0 radical (unpaired) electrons. The lowest BCUT2D eigenvalue weighted by Crippen LogP contribution is -2.04. The molecule has 0 amide bonds. The number of pyridine rings is 1. The van der Waals surface area contributed by atoms with E-state index < -0.39 is 5.97 Å². The Balaban J connectivity index is 2.14. The fraction of sp³-hybridized carbons (Fsp3) is 0.0909. The Morgan fingerprint density at radius 3 is 2.89 bits per heavy atom. The minimum Gasteiger partial charge on any atom is -0.478 e. The predicted octanol–water partition coefficient (Wildman–Crippen LogP) is 3.87. The zero-order chi connectivity index (χ0) is 13.1. The van der Waals surface area contributed by atoms with E-state index in [1.54, 1.807) is 11.3 Å². The van der Waals surface area contributed by atoms with Gasteiger partial charge in [0.05, 0.1) is 20.9 Å². The Morgan fingerprint density at radius 1 is 1.50 bits per heavy atom. The molecule has 0 bridgehead atoms. The molecule has 2 aromatic heterocycles. The Hall–Kier alpha value is -1.11. The van der Waals surface area contributed by atoms with Gasteiger partial charge < -0.3 is 10.4 Å². The molecule has 0 fully saturated rings. The molecule has 18 heavy (non-hydrogen) atoms. The number of thiophene rings is 1. The molecule has 2 N–H and O–H groups in total. The molecule has 0 aliphatic rings. The number of nitrogens with zero attached hydrogens (tertiary/aromatic N) is 1. The van der Waals surface area contributed by atoms with Gasteiger partial charge in [-0.25, -0.2) is 9.78 Å². The number of carboxylic acid groups (broad SMARTS) is 1. The number of hydrogen-bond acceptors (Lipinski definition) is 4. The molecule has 0 aliphatic carbocycles. The van der Waals surface area contributed by atoms with Gasteiger partial charge in [-0.2, -0.15) is 0 Å². The van der Waals surface area contributed by atoms with E-state index in [4.69, 9.17) is 16.7 Å². The Kier molecular flexibility index (Phi) is 4.21. The molecule has 0 saturated heterocycles. The second kappa shape index (κ2) is 5.69. The molecule has 0 atom stereocenters. The number of hydrogen-bond donors (Lipinski definition) is 2. The first-order chi connectivity index (χ1) is 8.58. The standard InChI is InChI=1S/C11H8BrClN2O2S/c12-8-2-1-6(18-8)5-15-10-9(13)7(11(16)17)3-4-14-10/h1-4H,5H2,(H,14,15)(H,16,17). The first kappa shape index (κ1) is 13.3. The minimum absolute atomic E-state index is 0.0431. The van der Waals surface area contributed by atoms with E-state index in [9.17, 15) is 4.79 Å². The number of anilines is 1. The summed E-state index contributed by atoms with van der Waals surface area (Å²) in [4.78, 5) is 16.0. The monoisotopic (exact) mass is 346 g/mol. The van der Waals surface area contributed by atoms with E-state index in [0.29, 0.717) is 12.4 Å². The van der Waals surface area contributed by atoms with Crippen LogP contribution in [0, 0.1) is 0 Å². The normalized spacial score (nSPS) is 10.3. The van der Waals surface area contributed by atoms with Crippen LogP contribution >= 0.6 is 38.9 Å². The Morgan fingerprint density at radius 2 is 2.28 bits per heavy atom. The van der Waals surface area contributed by atoms with Crippen LogP contribution in [-0.2, 0) is 6.54 Å². The maximum Gasteiger partial charge on any atom is 0.337 e. The number of carboxylic acids is 1. The van der Waals surface area contributed by atoms with Gasteiger partial charge in [-0.3, -0.25) is 0 Å². The van der Waals surface area contributed by atoms with Crippen LogP contribution in [0.3, 0.4) is 0 Å². The lowest BCUT2D eigenvalue weighted by atomic mass is 10.2. The van der Waals surface area contributed by atoms with Gasteiger partial charge in [-0.15, -0.1) is 11.3 Å². The highest BCUT2D eigenvalue weighted by molar-refractivity contribution is 9.11. The van der Waals surface area contributed by atoms with Gasteiger partial charge in [0.1, 0.15) is 5.82 Å². The molecule has 0 spiro atoms. The second-order valence-electron chi connectivity index (χ2n) is 3.39. The molecule has 4 nitrogen and oxygen atoms in total. The summed E-state index contributed by atoms with van der Waals surface area (Å²) in [6.45, 7) is 0.548. The van der Waals surface area contributed by atoms with E-state index in [2.05, 4.69) is 26.2 Å². The summed E-state index contributed by atoms with van der Waals surface area (Å²) < 4.78 is 1.04. The number of aromatic nitrogens is 1. The van der Waals surface area contributed by atoms with Gasteiger partial charge >= 0.3 is 5.97 Å². The van der Waals surface area contributed by atoms with E-state index in [-0.39, 0.29) is 10.6 Å². The van der Waals surface area contributed by atoms with E-state index in [0.717, 1.165) is 8.66 Å². The Labute approximate surface area is 121 Å². The zero-order valence-electron chi connectivity index (χ0n) is 8.98. The molecule has 0 unspecified atom stereocenters. The van der Waals surface area contributed by atoms with Crippen LogP contribution < -0.4 is 5.32 Å². The third-order valence-corrected chi connectivity index (χ3v) is 4.18. The number of aromatic carboxylic acids is 1. The summed E-state index contributed by atoms with van der Waals surface area (Å²) in [5, 5.41) is 12.1. The summed E-state index contributed by atoms with van der Waals surface area (Å²) in [6, 6.07) is 5.29. The molecule has 0 saturated carbocycles. The van der Waals surface area contributed by atoms with Crippen LogP contribution in [0.1, 0.15) is 15.2 Å². The summed E-state index contributed by atoms with van der Waals surface area (Å²) in [5.41, 5.74) is 0.0431. The third kappa shape index (κ3) is 3.01. The summed E-state index contributed by atoms with van der Waals surface area (Å²) in [6.07, 6.45) is 1.42. The fourth-order valence-electron chi connectivity index (χ4n) is 1.35. The Bertz CT molecular complexity index is 588. The minimum atomic E-state index is -1.07. The van der Waals surface area contributed by atoms with E-state index in [1.807, 2.05) is 12.1 Å². The zero-order valence-corrected chi connectivity index (χ0v) is 12.1. The third-order valence-electron chi connectivity index (χ3n) is 2.18. The van der Waals surface area contributed by atoms with Crippen molar-refractivity contribution in [3.63, 3.8) is 0 Å². The predicted molar refractivity (Wildman–Crippen MR) is 75.6 cm³/mol. The van der Waals surface area contributed by atoms with Gasteiger partial charge in [-0.05, 0) is 34.1 Å². The largest absolute Gasteiger partial charge is 0.478 e. The van der Waals surface area contributed by atoms with Crippen LogP contribution in [0.2, 0.25) is 5.02 Å². The van der Waals surface area contributed by atoms with E-state index in [1.165, 1.54) is 12.3 Å². The van der Waals surface area contributed by atoms with Crippen LogP contribution in [0.5, 0.6) is 0 Å². The maximum atomic E-state index is 10.9. The van der Waals surface area contributed by atoms with Gasteiger partial charge in [-0.1, -0.05) is 11.6 Å². The highest BCUT2D eigenvalue weighted by atomic mass is 79.9. The average Bonchev–Trinajstić information content (AvgIpc) is 2.73. The van der Waals surface area contributed by atoms with Crippen molar-refractivity contribution < 1.29 is 9.90 Å². The maximum absolute atomic E-state index is 10.9. The molecule has 2 aromatic rings. The molecule has 94 valence electrons. The van der Waals surface area contributed by atoms with E-state index >= 15 is 0 Å². The smallest absolute Gasteiger partial charge is 0.337 e. The first-order valence-electron chi connectivity index (χ1n) is 4.94. The van der Waals surface area contributed by atoms with Crippen molar-refractivity contribution in [2.24, 2.45) is 0 Å². The molecule has 2 heterocycles. The quantitative estimate of drug-likeness (QED) is 0.881. The van der Waals surface area contributed by atoms with Gasteiger partial charge in [0, 0.05) is 11.1 Å². The van der Waals surface area contributed by atoms with Crippen LogP contribution in [0.4, 0.5) is 5.82 Å². The van der Waals surface area contributed by atoms with Crippen LogP contribution in [0.25, 0.3) is 0 Å². The first-order valence-corrected chi connectivity index (χ1v) is 6.92. The second-order valence-corrected chi connectivity index (χ2v) is 6.31. The van der Waals surface area contributed by atoms with Crippen molar-refractivity contribution >= 4 is 50.7 Å².